The van der Waals surface area contributed by atoms with Gasteiger partial charge in [-0.15, -0.1) is 5.23 Å². The lowest BCUT2D eigenvalue weighted by molar-refractivity contribution is 0.0292. The molecular formula is C12H12N4O2. The fourth-order valence-electron chi connectivity index (χ4n) is 2.05. The van der Waals surface area contributed by atoms with Crippen LogP contribution in [0.1, 0.15) is 0 Å². The second kappa shape index (κ2) is 3.86. The Morgan fingerprint density at radius 3 is 2.78 bits per heavy atom. The first-order valence-corrected chi connectivity index (χ1v) is 5.45. The van der Waals surface area contributed by atoms with Crippen LogP contribution in [0.3, 0.4) is 0 Å². The van der Waals surface area contributed by atoms with E-state index in [-0.39, 0.29) is 5.23 Å². The first kappa shape index (κ1) is 10.8. The zero-order chi connectivity index (χ0) is 12.7. The number of aromatic nitrogens is 3. The van der Waals surface area contributed by atoms with E-state index in [0.717, 1.165) is 22.3 Å². The Labute approximate surface area is 103 Å². The number of hydrogen-bond acceptors (Lipinski definition) is 4. The lowest BCUT2D eigenvalue weighted by atomic mass is 10.1. The minimum Gasteiger partial charge on any atom is -0.360 e. The van der Waals surface area contributed by atoms with Crippen LogP contribution in [0.5, 0.6) is 0 Å². The van der Waals surface area contributed by atoms with E-state index in [1.54, 1.807) is 22.9 Å². The highest BCUT2D eigenvalue weighted by atomic mass is 16.8. The molecule has 0 radical (unpaired) electrons. The van der Waals surface area contributed by atoms with E-state index >= 15 is 0 Å². The summed E-state index contributed by atoms with van der Waals surface area (Å²) in [5.41, 5.74) is 2.88. The fraction of sp³-hybridized carbons (Fsp3) is 0.0833. The van der Waals surface area contributed by atoms with Crippen molar-refractivity contribution in [3.63, 3.8) is 0 Å². The lowest BCUT2D eigenvalue weighted by Gasteiger charge is -2.07. The zero-order valence-corrected chi connectivity index (χ0v) is 9.70. The van der Waals surface area contributed by atoms with Gasteiger partial charge in [-0.1, -0.05) is 0 Å². The van der Waals surface area contributed by atoms with Gasteiger partial charge in [-0.05, 0) is 30.3 Å². The summed E-state index contributed by atoms with van der Waals surface area (Å²) < 4.78 is 1.76. The van der Waals surface area contributed by atoms with Crippen LogP contribution >= 0.6 is 0 Å². The Morgan fingerprint density at radius 1 is 1.28 bits per heavy atom. The Morgan fingerprint density at radius 2 is 2.11 bits per heavy atom. The number of hydrogen-bond donors (Lipinski definition) is 3. The van der Waals surface area contributed by atoms with E-state index in [0.29, 0.717) is 5.69 Å². The molecule has 92 valence electrons. The van der Waals surface area contributed by atoms with Crippen LogP contribution < -0.4 is 5.23 Å². The minimum atomic E-state index is 0.102. The van der Waals surface area contributed by atoms with E-state index in [1.165, 1.54) is 0 Å². The molecule has 0 amide bonds. The van der Waals surface area contributed by atoms with Gasteiger partial charge < -0.3 is 4.98 Å². The molecule has 1 aromatic carbocycles. The molecule has 6 nitrogen and oxygen atoms in total. The SMILES string of the molecule is Cn1nc(-c2ccc[nH]2)c2cc(N(O)O)ccc21. The largest absolute Gasteiger partial charge is 0.360 e. The zero-order valence-electron chi connectivity index (χ0n) is 9.70. The summed E-state index contributed by atoms with van der Waals surface area (Å²) in [7, 11) is 1.85. The maximum Gasteiger partial charge on any atom is 0.116 e. The molecule has 0 spiro atoms. The first-order valence-electron chi connectivity index (χ1n) is 5.45. The highest BCUT2D eigenvalue weighted by molar-refractivity contribution is 5.94. The number of nitrogens with one attached hydrogen (secondary N) is 1. The molecule has 3 aromatic rings. The van der Waals surface area contributed by atoms with E-state index in [4.69, 9.17) is 10.4 Å². The number of aromatic amines is 1. The van der Waals surface area contributed by atoms with Crippen LogP contribution in [-0.2, 0) is 7.05 Å². The van der Waals surface area contributed by atoms with Crippen LogP contribution in [0.15, 0.2) is 36.5 Å². The van der Waals surface area contributed by atoms with Gasteiger partial charge in [0.1, 0.15) is 5.69 Å². The molecule has 0 unspecified atom stereocenters. The predicted octanol–water partition coefficient (Wildman–Crippen LogP) is 2.15. The van der Waals surface area contributed by atoms with Crippen molar-refractivity contribution in [3.8, 4) is 11.4 Å². The highest BCUT2D eigenvalue weighted by Crippen LogP contribution is 2.29. The monoisotopic (exact) mass is 244 g/mol. The number of benzene rings is 1. The van der Waals surface area contributed by atoms with Crippen molar-refractivity contribution in [3.05, 3.63) is 36.5 Å². The van der Waals surface area contributed by atoms with Gasteiger partial charge in [-0.2, -0.15) is 5.10 Å². The molecule has 0 bridgehead atoms. The second-order valence-corrected chi connectivity index (χ2v) is 4.05. The smallest absolute Gasteiger partial charge is 0.116 e. The molecule has 18 heavy (non-hydrogen) atoms. The molecule has 2 aromatic heterocycles. The third-order valence-electron chi connectivity index (χ3n) is 2.92. The number of aryl methyl sites for hydroxylation is 1. The molecule has 3 N–H and O–H groups in total. The molecular weight excluding hydrogens is 232 g/mol. The van der Waals surface area contributed by atoms with Crippen molar-refractivity contribution in [2.75, 3.05) is 5.23 Å². The summed E-state index contributed by atoms with van der Waals surface area (Å²) >= 11 is 0. The summed E-state index contributed by atoms with van der Waals surface area (Å²) in [5, 5.41) is 23.5. The third kappa shape index (κ3) is 1.55. The lowest BCUT2D eigenvalue weighted by Crippen LogP contribution is -2.10. The van der Waals surface area contributed by atoms with Gasteiger partial charge in [-0.3, -0.25) is 15.1 Å². The van der Waals surface area contributed by atoms with Gasteiger partial charge in [0, 0.05) is 18.6 Å². The van der Waals surface area contributed by atoms with Gasteiger partial charge in [0.25, 0.3) is 0 Å². The summed E-state index contributed by atoms with van der Waals surface area (Å²) in [6.07, 6.45) is 1.82. The van der Waals surface area contributed by atoms with E-state index < -0.39 is 0 Å². The summed E-state index contributed by atoms with van der Waals surface area (Å²) in [6, 6.07) is 8.90. The van der Waals surface area contributed by atoms with Crippen molar-refractivity contribution in [2.45, 2.75) is 0 Å². The highest BCUT2D eigenvalue weighted by Gasteiger charge is 2.12. The number of anilines is 1. The number of rotatable bonds is 2. The summed E-state index contributed by atoms with van der Waals surface area (Å²) in [6.45, 7) is 0. The summed E-state index contributed by atoms with van der Waals surface area (Å²) in [4.78, 5) is 3.09. The van der Waals surface area contributed by atoms with Crippen LogP contribution in [0.2, 0.25) is 0 Å². The van der Waals surface area contributed by atoms with E-state index in [2.05, 4.69) is 10.1 Å². The van der Waals surface area contributed by atoms with Gasteiger partial charge in [-0.25, -0.2) is 0 Å². The van der Waals surface area contributed by atoms with Crippen molar-refractivity contribution >= 4 is 16.6 Å². The van der Waals surface area contributed by atoms with Crippen molar-refractivity contribution < 1.29 is 10.4 Å². The van der Waals surface area contributed by atoms with Crippen LogP contribution in [-0.4, -0.2) is 25.2 Å². The molecule has 3 rings (SSSR count). The topological polar surface area (TPSA) is 77.3 Å². The van der Waals surface area contributed by atoms with Gasteiger partial charge in [0.2, 0.25) is 0 Å². The average molecular weight is 244 g/mol. The number of fused-ring (bicyclic) bond motifs is 1. The molecule has 6 heteroatoms. The maximum absolute atomic E-state index is 9.07. The standard InChI is InChI=1S/C12H12N4O2/c1-15-11-5-4-8(16(17)18)7-9(11)12(14-15)10-3-2-6-13-10/h2-7,13,17-18H,1H3. The third-order valence-corrected chi connectivity index (χ3v) is 2.92. The molecule has 0 atom stereocenters. The summed E-state index contributed by atoms with van der Waals surface area (Å²) in [5.74, 6) is 0. The fourth-order valence-corrected chi connectivity index (χ4v) is 2.05. The molecule has 0 aliphatic carbocycles. The first-order chi connectivity index (χ1) is 8.66. The Hall–Kier alpha value is -2.31. The Kier molecular flexibility index (Phi) is 2.32. The Bertz CT molecular complexity index is 685. The van der Waals surface area contributed by atoms with Crippen LogP contribution in [0.25, 0.3) is 22.3 Å². The van der Waals surface area contributed by atoms with Crippen molar-refractivity contribution in [2.24, 2.45) is 7.05 Å². The normalized spacial score (nSPS) is 11.1. The van der Waals surface area contributed by atoms with Crippen LogP contribution in [0.4, 0.5) is 5.69 Å². The van der Waals surface area contributed by atoms with Gasteiger partial charge in [0.15, 0.2) is 0 Å². The maximum atomic E-state index is 9.07. The van der Waals surface area contributed by atoms with Gasteiger partial charge in [0.05, 0.1) is 16.9 Å². The minimum absolute atomic E-state index is 0.102. The predicted molar refractivity (Wildman–Crippen MR) is 66.6 cm³/mol. The average Bonchev–Trinajstić information content (AvgIpc) is 2.97. The molecule has 2 heterocycles. The molecule has 0 saturated carbocycles. The molecule has 0 saturated heterocycles. The van der Waals surface area contributed by atoms with Crippen LogP contribution in [0, 0.1) is 0 Å². The molecule has 0 aliphatic heterocycles. The van der Waals surface area contributed by atoms with Crippen molar-refractivity contribution in [1.29, 1.82) is 0 Å². The van der Waals surface area contributed by atoms with E-state index in [9.17, 15) is 0 Å². The quantitative estimate of drug-likeness (QED) is 0.604. The molecule has 0 fully saturated rings. The van der Waals surface area contributed by atoms with E-state index in [1.807, 2.05) is 25.4 Å². The number of H-pyrrole nitrogens is 1. The van der Waals surface area contributed by atoms with Gasteiger partial charge >= 0.3 is 0 Å². The second-order valence-electron chi connectivity index (χ2n) is 4.05. The molecule has 0 aliphatic rings. The Balaban J connectivity index is 2.29. The van der Waals surface area contributed by atoms with Crippen molar-refractivity contribution in [1.82, 2.24) is 14.8 Å². The number of nitrogens with zero attached hydrogens (tertiary/aromatic N) is 3.